The van der Waals surface area contributed by atoms with Gasteiger partial charge in [0, 0.05) is 16.1 Å². The molecule has 0 saturated carbocycles. The molecule has 0 bridgehead atoms. The second kappa shape index (κ2) is 5.85. The van der Waals surface area contributed by atoms with Gasteiger partial charge >= 0.3 is 0 Å². The highest BCUT2D eigenvalue weighted by Crippen LogP contribution is 2.32. The topological polar surface area (TPSA) is 58.2 Å². The number of benzene rings is 2. The van der Waals surface area contributed by atoms with Gasteiger partial charge in [0.1, 0.15) is 0 Å². The molecule has 0 fully saturated rings. The second-order valence-electron chi connectivity index (χ2n) is 5.27. The summed E-state index contributed by atoms with van der Waals surface area (Å²) in [6, 6.07) is 11.3. The summed E-state index contributed by atoms with van der Waals surface area (Å²) in [6.07, 6.45) is 0. The molecule has 2 amide bonds. The molecule has 2 aromatic carbocycles. The maximum absolute atomic E-state index is 12.5. The van der Waals surface area contributed by atoms with E-state index in [1.807, 2.05) is 38.1 Å². The first kappa shape index (κ1) is 14.7. The number of amides is 2. The summed E-state index contributed by atoms with van der Waals surface area (Å²) < 4.78 is 0. The fourth-order valence-electron chi connectivity index (χ4n) is 2.42. The lowest BCUT2D eigenvalue weighted by molar-refractivity contribution is -0.113. The third-order valence-electron chi connectivity index (χ3n) is 3.59. The van der Waals surface area contributed by atoms with E-state index in [0.29, 0.717) is 17.0 Å². The number of nitrogens with one attached hydrogen (secondary N) is 2. The normalized spacial score (nSPS) is 13.3. The Hall–Kier alpha value is -2.27. The molecule has 2 N–H and O–H groups in total. The van der Waals surface area contributed by atoms with Crippen molar-refractivity contribution in [3.05, 3.63) is 53.1 Å². The second-order valence-corrected chi connectivity index (χ2v) is 6.29. The van der Waals surface area contributed by atoms with Gasteiger partial charge in [-0.1, -0.05) is 18.2 Å². The molecule has 0 unspecified atom stereocenters. The Morgan fingerprint density at radius 2 is 1.91 bits per heavy atom. The number of hydrogen-bond acceptors (Lipinski definition) is 3. The number of carbonyl (C=O) groups is 2. The highest BCUT2D eigenvalue weighted by molar-refractivity contribution is 8.00. The van der Waals surface area contributed by atoms with Crippen LogP contribution in [0.2, 0.25) is 0 Å². The van der Waals surface area contributed by atoms with Gasteiger partial charge in [0.2, 0.25) is 5.91 Å². The highest BCUT2D eigenvalue weighted by atomic mass is 32.2. The molecule has 0 aliphatic carbocycles. The molecule has 2 aromatic rings. The van der Waals surface area contributed by atoms with Crippen LogP contribution in [0.4, 0.5) is 11.4 Å². The van der Waals surface area contributed by atoms with E-state index in [-0.39, 0.29) is 11.8 Å². The molecule has 112 valence electrons. The van der Waals surface area contributed by atoms with E-state index in [9.17, 15) is 9.59 Å². The maximum atomic E-state index is 12.5. The minimum atomic E-state index is -0.176. The van der Waals surface area contributed by atoms with Gasteiger partial charge < -0.3 is 10.6 Å². The Morgan fingerprint density at radius 3 is 2.64 bits per heavy atom. The Labute approximate surface area is 133 Å². The molecule has 0 radical (unpaired) electrons. The maximum Gasteiger partial charge on any atom is 0.255 e. The lowest BCUT2D eigenvalue weighted by Gasteiger charge is -2.17. The van der Waals surface area contributed by atoms with Crippen LogP contribution >= 0.6 is 11.8 Å². The minimum Gasteiger partial charge on any atom is -0.324 e. The molecule has 0 spiro atoms. The third-order valence-corrected chi connectivity index (χ3v) is 4.67. The molecule has 5 heteroatoms. The number of rotatable bonds is 2. The fraction of sp³-hybridized carbons (Fsp3) is 0.176. The number of thioether (sulfide) groups is 1. The average molecular weight is 312 g/mol. The van der Waals surface area contributed by atoms with Crippen LogP contribution in [0.25, 0.3) is 0 Å². The Morgan fingerprint density at radius 1 is 1.18 bits per heavy atom. The fourth-order valence-corrected chi connectivity index (χ4v) is 3.21. The molecule has 22 heavy (non-hydrogen) atoms. The van der Waals surface area contributed by atoms with Crippen molar-refractivity contribution >= 4 is 35.0 Å². The number of anilines is 2. The van der Waals surface area contributed by atoms with E-state index in [4.69, 9.17) is 0 Å². The standard InChI is InChI=1S/C17H16N2O2S/c1-10-4-3-5-11(2)16(10)19-17(21)12-6-7-14-13(8-12)18-15(20)9-22-14/h3-8H,9H2,1-2H3,(H,18,20)(H,19,21). The van der Waals surface area contributed by atoms with Gasteiger partial charge in [-0.25, -0.2) is 0 Å². The number of aryl methyl sites for hydroxylation is 2. The van der Waals surface area contributed by atoms with E-state index in [1.165, 1.54) is 11.8 Å². The molecule has 1 aliphatic rings. The number of fused-ring (bicyclic) bond motifs is 1. The van der Waals surface area contributed by atoms with Crippen LogP contribution in [0.1, 0.15) is 21.5 Å². The first-order valence-corrected chi connectivity index (χ1v) is 7.97. The van der Waals surface area contributed by atoms with Crippen LogP contribution in [0.15, 0.2) is 41.3 Å². The van der Waals surface area contributed by atoms with E-state index in [1.54, 1.807) is 12.1 Å². The first-order valence-electron chi connectivity index (χ1n) is 6.99. The minimum absolute atomic E-state index is 0.0372. The molecule has 1 heterocycles. The zero-order valence-corrected chi connectivity index (χ0v) is 13.2. The van der Waals surface area contributed by atoms with Crippen LogP contribution in [-0.2, 0) is 4.79 Å². The predicted molar refractivity (Wildman–Crippen MR) is 89.7 cm³/mol. The lowest BCUT2D eigenvalue weighted by atomic mass is 10.1. The SMILES string of the molecule is Cc1cccc(C)c1NC(=O)c1ccc2c(c1)NC(=O)CS2. The van der Waals surface area contributed by atoms with Crippen molar-refractivity contribution in [2.75, 3.05) is 16.4 Å². The Kier molecular flexibility index (Phi) is 3.90. The monoisotopic (exact) mass is 312 g/mol. The van der Waals surface area contributed by atoms with Gasteiger partial charge in [0.25, 0.3) is 5.91 Å². The smallest absolute Gasteiger partial charge is 0.255 e. The van der Waals surface area contributed by atoms with Crippen molar-refractivity contribution in [3.63, 3.8) is 0 Å². The van der Waals surface area contributed by atoms with Crippen molar-refractivity contribution < 1.29 is 9.59 Å². The molecular formula is C17H16N2O2S. The summed E-state index contributed by atoms with van der Waals surface area (Å²) in [6.45, 7) is 3.93. The molecule has 0 atom stereocenters. The van der Waals surface area contributed by atoms with Crippen molar-refractivity contribution in [3.8, 4) is 0 Å². The first-order chi connectivity index (χ1) is 10.5. The van der Waals surface area contributed by atoms with Gasteiger partial charge in [0.15, 0.2) is 0 Å². The number of carbonyl (C=O) groups excluding carboxylic acids is 2. The number of para-hydroxylation sites is 1. The van der Waals surface area contributed by atoms with Crippen LogP contribution < -0.4 is 10.6 Å². The van der Waals surface area contributed by atoms with E-state index >= 15 is 0 Å². The molecule has 0 saturated heterocycles. The van der Waals surface area contributed by atoms with Gasteiger partial charge in [-0.05, 0) is 43.2 Å². The van der Waals surface area contributed by atoms with Gasteiger partial charge in [-0.2, -0.15) is 0 Å². The van der Waals surface area contributed by atoms with Crippen LogP contribution in [0, 0.1) is 13.8 Å². The summed E-state index contributed by atoms with van der Waals surface area (Å²) in [5.74, 6) is 0.204. The van der Waals surface area contributed by atoms with E-state index in [0.717, 1.165) is 21.7 Å². The van der Waals surface area contributed by atoms with Crippen molar-refractivity contribution in [1.29, 1.82) is 0 Å². The van der Waals surface area contributed by atoms with Crippen LogP contribution in [0.3, 0.4) is 0 Å². The average Bonchev–Trinajstić information content (AvgIpc) is 2.50. The van der Waals surface area contributed by atoms with Gasteiger partial charge in [-0.3, -0.25) is 9.59 Å². The largest absolute Gasteiger partial charge is 0.324 e. The predicted octanol–water partition coefficient (Wildman–Crippen LogP) is 3.60. The Balaban J connectivity index is 1.87. The van der Waals surface area contributed by atoms with Crippen LogP contribution in [0.5, 0.6) is 0 Å². The third kappa shape index (κ3) is 2.85. The van der Waals surface area contributed by atoms with Gasteiger partial charge in [-0.15, -0.1) is 11.8 Å². The van der Waals surface area contributed by atoms with Crippen molar-refractivity contribution in [1.82, 2.24) is 0 Å². The summed E-state index contributed by atoms with van der Waals surface area (Å²) in [5, 5.41) is 5.76. The molecule has 3 rings (SSSR count). The van der Waals surface area contributed by atoms with Gasteiger partial charge in [0.05, 0.1) is 11.4 Å². The molecule has 4 nitrogen and oxygen atoms in total. The van der Waals surface area contributed by atoms with Crippen LogP contribution in [-0.4, -0.2) is 17.6 Å². The summed E-state index contributed by atoms with van der Waals surface area (Å²) in [5.41, 5.74) is 4.12. The molecular weight excluding hydrogens is 296 g/mol. The molecule has 1 aliphatic heterocycles. The van der Waals surface area contributed by atoms with Crippen molar-refractivity contribution in [2.45, 2.75) is 18.7 Å². The summed E-state index contributed by atoms with van der Waals surface area (Å²) >= 11 is 1.48. The summed E-state index contributed by atoms with van der Waals surface area (Å²) in [4.78, 5) is 24.9. The zero-order chi connectivity index (χ0) is 15.7. The highest BCUT2D eigenvalue weighted by Gasteiger charge is 2.17. The quantitative estimate of drug-likeness (QED) is 0.891. The number of hydrogen-bond donors (Lipinski definition) is 2. The molecule has 0 aromatic heterocycles. The Bertz CT molecular complexity index is 751. The van der Waals surface area contributed by atoms with E-state index < -0.39 is 0 Å². The summed E-state index contributed by atoms with van der Waals surface area (Å²) in [7, 11) is 0. The van der Waals surface area contributed by atoms with E-state index in [2.05, 4.69) is 10.6 Å². The van der Waals surface area contributed by atoms with Crippen molar-refractivity contribution in [2.24, 2.45) is 0 Å². The zero-order valence-electron chi connectivity index (χ0n) is 12.4. The lowest BCUT2D eigenvalue weighted by Crippen LogP contribution is -2.20.